The minimum Gasteiger partial charge on any atom is -0.545 e. The molecule has 0 N–H and O–H groups in total. The lowest BCUT2D eigenvalue weighted by Gasteiger charge is -2.26. The number of carboxylic acids is 1. The second-order valence-corrected chi connectivity index (χ2v) is 22.0. The van der Waals surface area contributed by atoms with Crippen LogP contribution >= 0.6 is 0 Å². The molecule has 2 unspecified atom stereocenters. The van der Waals surface area contributed by atoms with Crippen molar-refractivity contribution in [2.24, 2.45) is 0 Å². The van der Waals surface area contributed by atoms with Gasteiger partial charge < -0.3 is 33.3 Å². The summed E-state index contributed by atoms with van der Waals surface area (Å²) in [5, 5.41) is 11.8. The highest BCUT2D eigenvalue weighted by molar-refractivity contribution is 5.70. The van der Waals surface area contributed by atoms with E-state index in [1.165, 1.54) is 244 Å². The summed E-state index contributed by atoms with van der Waals surface area (Å²) in [7, 11) is 5.94. The van der Waals surface area contributed by atoms with Gasteiger partial charge in [0.25, 0.3) is 0 Å². The molecule has 0 rings (SSSR count). The number of carboxylic acid groups (broad SMARTS) is 1. The van der Waals surface area contributed by atoms with Gasteiger partial charge in [0.1, 0.15) is 13.2 Å². The molecule has 2 atom stereocenters. The van der Waals surface area contributed by atoms with Crippen LogP contribution in [0.1, 0.15) is 309 Å². The average molecular weight is 981 g/mol. The number of unbranched alkanes of at least 4 members (excludes halogenated alkanes) is 42. The lowest BCUT2D eigenvalue weighted by Crippen LogP contribution is -2.44. The lowest BCUT2D eigenvalue weighted by molar-refractivity contribution is -0.870. The van der Waals surface area contributed by atoms with Crippen molar-refractivity contribution in [1.82, 2.24) is 0 Å². The van der Waals surface area contributed by atoms with Gasteiger partial charge in [-0.2, -0.15) is 0 Å². The van der Waals surface area contributed by atoms with Crippen molar-refractivity contribution < 1.29 is 42.9 Å². The third kappa shape index (κ3) is 53.9. The van der Waals surface area contributed by atoms with Crippen LogP contribution in [-0.4, -0.2) is 82.3 Å². The van der Waals surface area contributed by atoms with Crippen molar-refractivity contribution in [3.05, 3.63) is 0 Å². The Labute approximate surface area is 428 Å². The van der Waals surface area contributed by atoms with E-state index in [1.54, 1.807) is 0 Å². The Morgan fingerprint density at radius 2 is 0.652 bits per heavy atom. The molecule has 410 valence electrons. The second kappa shape index (κ2) is 52.6. The van der Waals surface area contributed by atoms with Crippen LogP contribution in [0.4, 0.5) is 0 Å². The smallest absolute Gasteiger partial charge is 0.306 e. The number of ether oxygens (including phenoxy) is 4. The highest BCUT2D eigenvalue weighted by Gasteiger charge is 2.22. The average Bonchev–Trinajstić information content (AvgIpc) is 3.31. The SMILES string of the molecule is CCCCCCCCCCCCCCCCCCCCCCCCCCCCCCC(=O)OC(COC(=O)CCCCCCCCCCCCCCCCCC)COC(OCC[N+](C)(C)C)C(=O)[O-]. The standard InChI is InChI=1S/C60H117NO8/c1-6-8-10-12-14-16-18-20-22-24-25-26-27-28-29-30-31-32-33-34-35-37-39-41-43-45-47-49-51-58(63)69-56(55-68-60(59(64)65)66-53-52-61(3,4)5)54-67-57(62)50-48-46-44-42-40-38-36-23-21-19-17-15-13-11-9-7-2/h56,60H,6-55H2,1-5H3. The zero-order chi connectivity index (χ0) is 50.6. The summed E-state index contributed by atoms with van der Waals surface area (Å²) < 4.78 is 22.7. The van der Waals surface area contributed by atoms with Crippen molar-refractivity contribution in [2.45, 2.75) is 322 Å². The predicted octanol–water partition coefficient (Wildman–Crippen LogP) is 16.2. The maximum atomic E-state index is 12.9. The molecule has 0 amide bonds. The molecular formula is C60H117NO8. The molecule has 0 bridgehead atoms. The first-order valence-electron chi connectivity index (χ1n) is 30.2. The first-order valence-corrected chi connectivity index (χ1v) is 30.2. The molecule has 0 saturated heterocycles. The Hall–Kier alpha value is -1.71. The number of quaternary nitrogens is 1. The Kier molecular flexibility index (Phi) is 51.3. The molecule has 0 aromatic rings. The largest absolute Gasteiger partial charge is 0.545 e. The van der Waals surface area contributed by atoms with Crippen LogP contribution < -0.4 is 5.11 Å². The van der Waals surface area contributed by atoms with Crippen molar-refractivity contribution in [3.63, 3.8) is 0 Å². The van der Waals surface area contributed by atoms with Crippen LogP contribution in [0.3, 0.4) is 0 Å². The zero-order valence-electron chi connectivity index (χ0n) is 46.7. The predicted molar refractivity (Wildman–Crippen MR) is 288 cm³/mol. The summed E-state index contributed by atoms with van der Waals surface area (Å²) in [4.78, 5) is 37.3. The molecular weight excluding hydrogens is 863 g/mol. The van der Waals surface area contributed by atoms with E-state index in [9.17, 15) is 19.5 Å². The number of carbonyl (C=O) groups is 3. The third-order valence-corrected chi connectivity index (χ3v) is 13.9. The number of hydrogen-bond donors (Lipinski definition) is 0. The Morgan fingerprint density at radius 1 is 0.377 bits per heavy atom. The van der Waals surface area contributed by atoms with Crippen molar-refractivity contribution >= 4 is 17.9 Å². The monoisotopic (exact) mass is 980 g/mol. The molecule has 0 aliphatic heterocycles. The maximum absolute atomic E-state index is 12.9. The van der Waals surface area contributed by atoms with Crippen LogP contribution in [0.5, 0.6) is 0 Å². The fourth-order valence-corrected chi connectivity index (χ4v) is 9.19. The molecule has 0 radical (unpaired) electrons. The fourth-order valence-electron chi connectivity index (χ4n) is 9.19. The number of hydrogen-bond acceptors (Lipinski definition) is 8. The zero-order valence-corrected chi connectivity index (χ0v) is 46.7. The number of nitrogens with zero attached hydrogens (tertiary/aromatic N) is 1. The van der Waals surface area contributed by atoms with Gasteiger partial charge in [-0.25, -0.2) is 0 Å². The normalized spacial score (nSPS) is 12.7. The summed E-state index contributed by atoms with van der Waals surface area (Å²) >= 11 is 0. The van der Waals surface area contributed by atoms with Crippen molar-refractivity contribution in [1.29, 1.82) is 0 Å². The molecule has 9 heteroatoms. The van der Waals surface area contributed by atoms with Crippen LogP contribution in [0.15, 0.2) is 0 Å². The molecule has 69 heavy (non-hydrogen) atoms. The number of carbonyl (C=O) groups excluding carboxylic acids is 3. The van der Waals surface area contributed by atoms with E-state index in [0.29, 0.717) is 17.4 Å². The van der Waals surface area contributed by atoms with E-state index in [1.807, 2.05) is 21.1 Å². The van der Waals surface area contributed by atoms with Gasteiger partial charge in [0.15, 0.2) is 12.4 Å². The Bertz CT molecular complexity index is 1100. The minimum absolute atomic E-state index is 0.153. The lowest BCUT2D eigenvalue weighted by atomic mass is 10.0. The number of rotatable bonds is 57. The highest BCUT2D eigenvalue weighted by atomic mass is 16.7. The first-order chi connectivity index (χ1) is 33.6. The van der Waals surface area contributed by atoms with Crippen LogP contribution in [0.25, 0.3) is 0 Å². The minimum atomic E-state index is -1.61. The van der Waals surface area contributed by atoms with Gasteiger partial charge in [0.05, 0.1) is 40.3 Å². The Morgan fingerprint density at radius 3 is 0.928 bits per heavy atom. The summed E-state index contributed by atoms with van der Waals surface area (Å²) in [6, 6.07) is 0. The van der Waals surface area contributed by atoms with Crippen molar-refractivity contribution in [2.75, 3.05) is 47.5 Å². The topological polar surface area (TPSA) is 111 Å². The molecule has 9 nitrogen and oxygen atoms in total. The molecule has 0 aliphatic rings. The fraction of sp³-hybridized carbons (Fsp3) is 0.950. The highest BCUT2D eigenvalue weighted by Crippen LogP contribution is 2.18. The van der Waals surface area contributed by atoms with Gasteiger partial charge in [-0.3, -0.25) is 9.59 Å². The van der Waals surface area contributed by atoms with Gasteiger partial charge in [-0.15, -0.1) is 0 Å². The van der Waals surface area contributed by atoms with Crippen LogP contribution in [-0.2, 0) is 33.3 Å². The molecule has 0 aromatic heterocycles. The summed E-state index contributed by atoms with van der Waals surface area (Å²) in [5.41, 5.74) is 0. The van der Waals surface area contributed by atoms with E-state index >= 15 is 0 Å². The summed E-state index contributed by atoms with van der Waals surface area (Å²) in [5.74, 6) is -2.25. The summed E-state index contributed by atoms with van der Waals surface area (Å²) in [6.07, 6.45) is 55.9. The van der Waals surface area contributed by atoms with Gasteiger partial charge in [-0.1, -0.05) is 284 Å². The Balaban J connectivity index is 4.10. The maximum Gasteiger partial charge on any atom is 0.306 e. The second-order valence-electron chi connectivity index (χ2n) is 22.0. The van der Waals surface area contributed by atoms with E-state index in [-0.39, 0.29) is 32.2 Å². The molecule has 0 saturated carbocycles. The van der Waals surface area contributed by atoms with E-state index in [0.717, 1.165) is 38.5 Å². The molecule has 0 spiro atoms. The number of likely N-dealkylation sites (N-methyl/N-ethyl adjacent to an activating group) is 1. The molecule has 0 heterocycles. The van der Waals surface area contributed by atoms with Crippen LogP contribution in [0, 0.1) is 0 Å². The van der Waals surface area contributed by atoms with E-state index in [4.69, 9.17) is 18.9 Å². The van der Waals surface area contributed by atoms with Gasteiger partial charge >= 0.3 is 11.9 Å². The molecule has 0 aliphatic carbocycles. The van der Waals surface area contributed by atoms with Gasteiger partial charge in [0, 0.05) is 12.8 Å². The third-order valence-electron chi connectivity index (χ3n) is 13.9. The first kappa shape index (κ1) is 67.3. The number of aliphatic carboxylic acids is 1. The summed E-state index contributed by atoms with van der Waals surface area (Å²) in [6.45, 7) is 4.82. The molecule has 0 fully saturated rings. The molecule has 0 aromatic carbocycles. The quantitative estimate of drug-likeness (QED) is 0.0256. The van der Waals surface area contributed by atoms with Crippen molar-refractivity contribution in [3.8, 4) is 0 Å². The van der Waals surface area contributed by atoms with Gasteiger partial charge in [-0.05, 0) is 12.8 Å². The van der Waals surface area contributed by atoms with E-state index < -0.39 is 24.3 Å². The van der Waals surface area contributed by atoms with Crippen LogP contribution in [0.2, 0.25) is 0 Å². The van der Waals surface area contributed by atoms with Gasteiger partial charge in [0.2, 0.25) is 0 Å². The number of esters is 2. The van der Waals surface area contributed by atoms with E-state index in [2.05, 4.69) is 13.8 Å².